The molecule has 0 aliphatic carbocycles. The number of amides is 1. The van der Waals surface area contributed by atoms with Crippen molar-refractivity contribution in [3.63, 3.8) is 0 Å². The van der Waals surface area contributed by atoms with Crippen LogP contribution in [-0.2, 0) is 11.2 Å². The minimum absolute atomic E-state index is 0.0705. The molecule has 5 nitrogen and oxygen atoms in total. The second-order valence-corrected chi connectivity index (χ2v) is 8.61. The van der Waals surface area contributed by atoms with Crippen molar-refractivity contribution in [2.75, 3.05) is 6.54 Å². The van der Waals surface area contributed by atoms with Crippen molar-refractivity contribution in [1.29, 1.82) is 5.26 Å². The van der Waals surface area contributed by atoms with Gasteiger partial charge in [0.15, 0.2) is 0 Å². The molecule has 27 heavy (non-hydrogen) atoms. The van der Waals surface area contributed by atoms with Gasteiger partial charge in [-0.3, -0.25) is 4.79 Å². The van der Waals surface area contributed by atoms with Crippen LogP contribution in [0.25, 0.3) is 0 Å². The number of hydrogen-bond acceptors (Lipinski definition) is 4. The molecule has 0 aliphatic heterocycles. The molecule has 0 spiro atoms. The summed E-state index contributed by atoms with van der Waals surface area (Å²) in [4.78, 5) is 13.0. The van der Waals surface area contributed by atoms with Crippen LogP contribution in [0.15, 0.2) is 36.4 Å². The summed E-state index contributed by atoms with van der Waals surface area (Å²) < 4.78 is 1.43. The molecule has 140 valence electrons. The van der Waals surface area contributed by atoms with Crippen molar-refractivity contribution in [2.24, 2.45) is 0 Å². The molecule has 1 unspecified atom stereocenters. The molecule has 3 N–H and O–H groups in total. The molecule has 8 heteroatoms. The van der Waals surface area contributed by atoms with Crippen molar-refractivity contribution in [1.82, 2.24) is 10.6 Å². The van der Waals surface area contributed by atoms with Gasteiger partial charge in [-0.15, -0.1) is 0 Å². The largest absolute Gasteiger partial charge is 0.506 e. The summed E-state index contributed by atoms with van der Waals surface area (Å²) in [5.41, 5.74) is 2.83. The molecule has 1 amide bonds. The first-order valence-corrected chi connectivity index (χ1v) is 10.6. The van der Waals surface area contributed by atoms with E-state index >= 15 is 0 Å². The van der Waals surface area contributed by atoms with E-state index in [0.29, 0.717) is 18.5 Å². The van der Waals surface area contributed by atoms with Gasteiger partial charge in [0, 0.05) is 12.0 Å². The van der Waals surface area contributed by atoms with E-state index in [2.05, 4.69) is 55.8 Å². The van der Waals surface area contributed by atoms with Crippen LogP contribution in [0.2, 0.25) is 0 Å². The zero-order valence-electron chi connectivity index (χ0n) is 14.4. The highest BCUT2D eigenvalue weighted by atomic mass is 127. The Morgan fingerprint density at radius 3 is 2.41 bits per heavy atom. The van der Waals surface area contributed by atoms with Gasteiger partial charge in [-0.25, -0.2) is 0 Å². The highest BCUT2D eigenvalue weighted by molar-refractivity contribution is 14.1. The molecule has 2 rings (SSSR count). The van der Waals surface area contributed by atoms with Gasteiger partial charge in [-0.1, -0.05) is 42.0 Å². The van der Waals surface area contributed by atoms with E-state index in [1.165, 1.54) is 0 Å². The molecule has 0 bridgehead atoms. The summed E-state index contributed by atoms with van der Waals surface area (Å²) in [6.07, 6.45) is 0.371. The standard InChI is InChI=1S/C19H17I2N3O2S/c1-11-2-4-13(5-3-11)19(27)24-16(18(26)23-7-6-22)10-12-8-14(20)17(25)15(21)9-12/h2-5,8-9,16,25H,7,10H2,1H3,(H,23,26)(H,24,27). The van der Waals surface area contributed by atoms with Gasteiger partial charge in [0.25, 0.3) is 0 Å². The van der Waals surface area contributed by atoms with Crippen molar-refractivity contribution in [3.8, 4) is 11.8 Å². The lowest BCUT2D eigenvalue weighted by Gasteiger charge is -2.20. The van der Waals surface area contributed by atoms with Crippen LogP contribution >= 0.6 is 57.4 Å². The summed E-state index contributed by atoms with van der Waals surface area (Å²) in [6.45, 7) is 1.92. The van der Waals surface area contributed by atoms with E-state index in [-0.39, 0.29) is 18.2 Å². The van der Waals surface area contributed by atoms with Gasteiger partial charge >= 0.3 is 0 Å². The molecule has 0 heterocycles. The Balaban J connectivity index is 2.23. The van der Waals surface area contributed by atoms with E-state index in [0.717, 1.165) is 16.7 Å². The van der Waals surface area contributed by atoms with Gasteiger partial charge in [0.05, 0.1) is 13.2 Å². The van der Waals surface area contributed by atoms with E-state index in [4.69, 9.17) is 17.5 Å². The van der Waals surface area contributed by atoms with Crippen molar-refractivity contribution >= 4 is 68.3 Å². The normalized spacial score (nSPS) is 11.3. The molecule has 2 aromatic rings. The van der Waals surface area contributed by atoms with Crippen LogP contribution in [0.5, 0.6) is 5.75 Å². The number of halogens is 2. The average Bonchev–Trinajstić information content (AvgIpc) is 2.64. The van der Waals surface area contributed by atoms with Crippen LogP contribution in [-0.4, -0.2) is 28.6 Å². The maximum absolute atomic E-state index is 12.5. The minimum Gasteiger partial charge on any atom is -0.506 e. The van der Waals surface area contributed by atoms with Gasteiger partial charge < -0.3 is 15.7 Å². The molecule has 0 aliphatic rings. The van der Waals surface area contributed by atoms with E-state index in [9.17, 15) is 9.90 Å². The Kier molecular flexibility index (Phi) is 8.25. The predicted molar refractivity (Wildman–Crippen MR) is 126 cm³/mol. The summed E-state index contributed by atoms with van der Waals surface area (Å²) in [5.74, 6) is -0.0716. The monoisotopic (exact) mass is 605 g/mol. The topological polar surface area (TPSA) is 85.2 Å². The zero-order valence-corrected chi connectivity index (χ0v) is 19.6. The molecule has 0 radical (unpaired) electrons. The predicted octanol–water partition coefficient (Wildman–Crippen LogP) is 3.43. The highest BCUT2D eigenvalue weighted by Gasteiger charge is 2.21. The van der Waals surface area contributed by atoms with E-state index in [1.807, 2.05) is 49.4 Å². The molecular formula is C19H17I2N3O2S. The van der Waals surface area contributed by atoms with Gasteiger partial charge in [0.1, 0.15) is 23.3 Å². The number of nitrogens with one attached hydrogen (secondary N) is 2. The van der Waals surface area contributed by atoms with Crippen LogP contribution in [0.1, 0.15) is 16.7 Å². The van der Waals surface area contributed by atoms with Crippen LogP contribution in [0, 0.1) is 25.4 Å². The van der Waals surface area contributed by atoms with Gasteiger partial charge in [-0.05, 0) is 69.8 Å². The molecule has 0 saturated heterocycles. The number of carbonyl (C=O) groups excluding carboxylic acids is 1. The Bertz CT molecular complexity index is 872. The van der Waals surface area contributed by atoms with E-state index < -0.39 is 6.04 Å². The summed E-state index contributed by atoms with van der Waals surface area (Å²) in [7, 11) is 0. The number of nitrogens with zero attached hydrogens (tertiary/aromatic N) is 1. The molecule has 0 aromatic heterocycles. The van der Waals surface area contributed by atoms with Gasteiger partial charge in [-0.2, -0.15) is 5.26 Å². The first kappa shape index (κ1) is 21.8. The Hall–Kier alpha value is -1.45. The number of thiocarbonyl (C=S) groups is 1. The average molecular weight is 605 g/mol. The fourth-order valence-electron chi connectivity index (χ4n) is 2.38. The Morgan fingerprint density at radius 1 is 1.26 bits per heavy atom. The smallest absolute Gasteiger partial charge is 0.243 e. The lowest BCUT2D eigenvalue weighted by molar-refractivity contribution is -0.122. The first-order valence-electron chi connectivity index (χ1n) is 8.01. The first-order chi connectivity index (χ1) is 12.8. The van der Waals surface area contributed by atoms with E-state index in [1.54, 1.807) is 0 Å². The van der Waals surface area contributed by atoms with Crippen LogP contribution < -0.4 is 10.6 Å². The third kappa shape index (κ3) is 6.29. The Labute approximate surface area is 190 Å². The summed E-state index contributed by atoms with van der Waals surface area (Å²) in [6, 6.07) is 12.7. The molecule has 2 aromatic carbocycles. The fraction of sp³-hybridized carbons (Fsp3) is 0.211. The lowest BCUT2D eigenvalue weighted by Crippen LogP contribution is -2.47. The molecule has 0 saturated carbocycles. The van der Waals surface area contributed by atoms with Crippen molar-refractivity contribution in [3.05, 3.63) is 60.2 Å². The number of phenolic OH excluding ortho intramolecular Hbond substituents is 1. The maximum Gasteiger partial charge on any atom is 0.243 e. The van der Waals surface area contributed by atoms with Crippen LogP contribution in [0.4, 0.5) is 0 Å². The SMILES string of the molecule is Cc1ccc(C(=S)NC(Cc2cc(I)c(O)c(I)c2)C(=O)NCC#N)cc1. The second kappa shape index (κ2) is 10.2. The number of nitriles is 1. The van der Waals surface area contributed by atoms with Gasteiger partial charge in [0.2, 0.25) is 5.91 Å². The highest BCUT2D eigenvalue weighted by Crippen LogP contribution is 2.27. The van der Waals surface area contributed by atoms with Crippen LogP contribution in [0.3, 0.4) is 0 Å². The number of aromatic hydroxyl groups is 1. The third-order valence-corrected chi connectivity index (χ3v) is 5.79. The molecular weight excluding hydrogens is 588 g/mol. The van der Waals surface area contributed by atoms with Crippen molar-refractivity contribution < 1.29 is 9.90 Å². The summed E-state index contributed by atoms with van der Waals surface area (Å²) >= 11 is 9.57. The van der Waals surface area contributed by atoms with Crippen molar-refractivity contribution in [2.45, 2.75) is 19.4 Å². The second-order valence-electron chi connectivity index (χ2n) is 5.88. The number of carbonyl (C=O) groups is 1. The quantitative estimate of drug-likeness (QED) is 0.267. The number of rotatable bonds is 6. The molecule has 1 atom stereocenters. The molecule has 0 fully saturated rings. The fourth-order valence-corrected chi connectivity index (χ4v) is 4.55. The number of hydrogen-bond donors (Lipinski definition) is 3. The Morgan fingerprint density at radius 2 is 1.85 bits per heavy atom. The number of benzene rings is 2. The number of phenols is 1. The number of aryl methyl sites for hydroxylation is 1. The zero-order chi connectivity index (χ0) is 20.0. The lowest BCUT2D eigenvalue weighted by atomic mass is 10.0. The third-order valence-electron chi connectivity index (χ3n) is 3.79. The minimum atomic E-state index is -0.636. The summed E-state index contributed by atoms with van der Waals surface area (Å²) in [5, 5.41) is 24.4. The maximum atomic E-state index is 12.5.